The van der Waals surface area contributed by atoms with Gasteiger partial charge in [0.1, 0.15) is 5.75 Å². The predicted molar refractivity (Wildman–Crippen MR) is 80.3 cm³/mol. The Labute approximate surface area is 125 Å². The van der Waals surface area contributed by atoms with Gasteiger partial charge in [-0.25, -0.2) is 0 Å². The monoisotopic (exact) mass is 299 g/mol. The summed E-state index contributed by atoms with van der Waals surface area (Å²) in [4.78, 5) is 11.1. The Kier molecular flexibility index (Phi) is 7.41. The van der Waals surface area contributed by atoms with E-state index >= 15 is 0 Å². The van der Waals surface area contributed by atoms with Crippen molar-refractivity contribution in [3.05, 3.63) is 28.8 Å². The van der Waals surface area contributed by atoms with Gasteiger partial charge in [0.15, 0.2) is 0 Å². The molecule has 0 fully saturated rings. The molecule has 1 unspecified atom stereocenters. The van der Waals surface area contributed by atoms with E-state index in [1.165, 1.54) is 7.11 Å². The summed E-state index contributed by atoms with van der Waals surface area (Å²) in [5.41, 5.74) is 0.996. The molecule has 1 aromatic carbocycles. The number of hydrogen-bond acceptors (Lipinski definition) is 4. The number of rotatable bonds is 8. The number of esters is 1. The van der Waals surface area contributed by atoms with Crippen LogP contribution in [0.3, 0.4) is 0 Å². The lowest BCUT2D eigenvalue weighted by molar-refractivity contribution is -0.141. The van der Waals surface area contributed by atoms with Crippen molar-refractivity contribution in [1.82, 2.24) is 5.32 Å². The fraction of sp³-hybridized carbons (Fsp3) is 0.533. The average Bonchev–Trinajstić information content (AvgIpc) is 2.45. The number of carbonyl (C=O) groups is 1. The molecule has 112 valence electrons. The maximum absolute atomic E-state index is 11.1. The van der Waals surface area contributed by atoms with Crippen LogP contribution in [0, 0.1) is 0 Å². The van der Waals surface area contributed by atoms with Crippen LogP contribution in [-0.4, -0.2) is 26.2 Å². The fourth-order valence-electron chi connectivity index (χ4n) is 1.81. The molecule has 1 N–H and O–H groups in total. The van der Waals surface area contributed by atoms with Gasteiger partial charge in [-0.2, -0.15) is 0 Å². The Morgan fingerprint density at radius 2 is 2.20 bits per heavy atom. The van der Waals surface area contributed by atoms with E-state index in [-0.39, 0.29) is 18.4 Å². The highest BCUT2D eigenvalue weighted by Crippen LogP contribution is 2.28. The summed E-state index contributed by atoms with van der Waals surface area (Å²) in [6.07, 6.45) is 1.29. The van der Waals surface area contributed by atoms with Crippen molar-refractivity contribution in [2.24, 2.45) is 0 Å². The maximum Gasteiger partial charge on any atom is 0.308 e. The lowest BCUT2D eigenvalue weighted by atomic mass is 10.1. The average molecular weight is 300 g/mol. The molecule has 0 radical (unpaired) electrons. The van der Waals surface area contributed by atoms with Gasteiger partial charge in [-0.3, -0.25) is 4.79 Å². The first kappa shape index (κ1) is 16.8. The zero-order valence-corrected chi connectivity index (χ0v) is 13.0. The van der Waals surface area contributed by atoms with Gasteiger partial charge in [0, 0.05) is 16.6 Å². The van der Waals surface area contributed by atoms with E-state index in [2.05, 4.69) is 23.9 Å². The van der Waals surface area contributed by atoms with Crippen molar-refractivity contribution in [1.29, 1.82) is 0 Å². The van der Waals surface area contributed by atoms with Gasteiger partial charge in [-0.05, 0) is 38.1 Å². The van der Waals surface area contributed by atoms with Crippen LogP contribution in [0.5, 0.6) is 5.75 Å². The van der Waals surface area contributed by atoms with Crippen LogP contribution in [0.25, 0.3) is 0 Å². The van der Waals surface area contributed by atoms with Crippen LogP contribution in [-0.2, 0) is 9.53 Å². The number of benzene rings is 1. The molecule has 5 heteroatoms. The van der Waals surface area contributed by atoms with E-state index in [0.717, 1.165) is 24.3 Å². The SMILES string of the molecule is CCCNC(C)c1cc(Cl)ccc1OCCC(=O)OC. The first-order valence-electron chi connectivity index (χ1n) is 6.81. The zero-order chi connectivity index (χ0) is 15.0. The van der Waals surface area contributed by atoms with E-state index < -0.39 is 0 Å². The Bertz CT molecular complexity index is 437. The Morgan fingerprint density at radius 3 is 2.85 bits per heavy atom. The third-order valence-electron chi connectivity index (χ3n) is 2.93. The molecule has 0 aromatic heterocycles. The molecule has 0 aliphatic heterocycles. The van der Waals surface area contributed by atoms with Gasteiger partial charge >= 0.3 is 5.97 Å². The predicted octanol–water partition coefficient (Wildman–Crippen LogP) is 3.34. The van der Waals surface area contributed by atoms with Gasteiger partial charge in [-0.1, -0.05) is 18.5 Å². The van der Waals surface area contributed by atoms with Crippen molar-refractivity contribution in [2.75, 3.05) is 20.3 Å². The van der Waals surface area contributed by atoms with Gasteiger partial charge in [-0.15, -0.1) is 0 Å². The first-order chi connectivity index (χ1) is 9.58. The van der Waals surface area contributed by atoms with Crippen LogP contribution in [0.4, 0.5) is 0 Å². The summed E-state index contributed by atoms with van der Waals surface area (Å²) in [6, 6.07) is 5.65. The fourth-order valence-corrected chi connectivity index (χ4v) is 1.99. The highest BCUT2D eigenvalue weighted by molar-refractivity contribution is 6.30. The standard InChI is InChI=1S/C15H22ClNO3/c1-4-8-17-11(2)13-10-12(16)5-6-14(13)20-9-7-15(18)19-3/h5-6,10-11,17H,4,7-9H2,1-3H3. The normalized spacial score (nSPS) is 12.0. The lowest BCUT2D eigenvalue weighted by Crippen LogP contribution is -2.20. The molecule has 0 heterocycles. The van der Waals surface area contributed by atoms with E-state index in [1.807, 2.05) is 12.1 Å². The van der Waals surface area contributed by atoms with Crippen molar-refractivity contribution < 1.29 is 14.3 Å². The molecule has 0 amide bonds. The van der Waals surface area contributed by atoms with Gasteiger partial charge in [0.2, 0.25) is 0 Å². The van der Waals surface area contributed by atoms with E-state index in [0.29, 0.717) is 11.6 Å². The second-order valence-electron chi connectivity index (χ2n) is 4.53. The van der Waals surface area contributed by atoms with Crippen molar-refractivity contribution in [3.8, 4) is 5.75 Å². The van der Waals surface area contributed by atoms with Crippen LogP contribution in [0.2, 0.25) is 5.02 Å². The first-order valence-corrected chi connectivity index (χ1v) is 7.18. The summed E-state index contributed by atoms with van der Waals surface area (Å²) >= 11 is 6.04. The third-order valence-corrected chi connectivity index (χ3v) is 3.17. The molecule has 0 bridgehead atoms. The number of nitrogens with one attached hydrogen (secondary N) is 1. The van der Waals surface area contributed by atoms with Crippen LogP contribution >= 0.6 is 11.6 Å². The van der Waals surface area contributed by atoms with E-state index in [9.17, 15) is 4.79 Å². The zero-order valence-electron chi connectivity index (χ0n) is 12.2. The van der Waals surface area contributed by atoms with Gasteiger partial charge in [0.05, 0.1) is 20.1 Å². The number of ether oxygens (including phenoxy) is 2. The molecule has 20 heavy (non-hydrogen) atoms. The largest absolute Gasteiger partial charge is 0.493 e. The van der Waals surface area contributed by atoms with Gasteiger partial charge in [0.25, 0.3) is 0 Å². The summed E-state index contributed by atoms with van der Waals surface area (Å²) in [7, 11) is 1.37. The molecule has 4 nitrogen and oxygen atoms in total. The van der Waals surface area contributed by atoms with Crippen LogP contribution < -0.4 is 10.1 Å². The summed E-state index contributed by atoms with van der Waals surface area (Å²) in [5, 5.41) is 4.07. The van der Waals surface area contributed by atoms with Crippen molar-refractivity contribution in [3.63, 3.8) is 0 Å². The molecular formula is C15H22ClNO3. The van der Waals surface area contributed by atoms with Crippen LogP contribution in [0.15, 0.2) is 18.2 Å². The second kappa shape index (κ2) is 8.82. The molecule has 1 atom stereocenters. The minimum absolute atomic E-state index is 0.141. The molecule has 1 rings (SSSR count). The molecule has 1 aromatic rings. The molecule has 0 spiro atoms. The molecule has 0 aliphatic rings. The van der Waals surface area contributed by atoms with Crippen LogP contribution in [0.1, 0.15) is 38.3 Å². The second-order valence-corrected chi connectivity index (χ2v) is 4.97. The maximum atomic E-state index is 11.1. The highest BCUT2D eigenvalue weighted by Gasteiger charge is 2.12. The Morgan fingerprint density at radius 1 is 1.45 bits per heavy atom. The Balaban J connectivity index is 2.71. The molecule has 0 aliphatic carbocycles. The highest BCUT2D eigenvalue weighted by atomic mass is 35.5. The third kappa shape index (κ3) is 5.39. The smallest absolute Gasteiger partial charge is 0.308 e. The number of hydrogen-bond donors (Lipinski definition) is 1. The quantitative estimate of drug-likeness (QED) is 0.748. The van der Waals surface area contributed by atoms with Gasteiger partial charge < -0.3 is 14.8 Å². The van der Waals surface area contributed by atoms with E-state index in [1.54, 1.807) is 6.07 Å². The van der Waals surface area contributed by atoms with Crippen molar-refractivity contribution >= 4 is 17.6 Å². The number of methoxy groups -OCH3 is 1. The minimum atomic E-state index is -0.280. The lowest BCUT2D eigenvalue weighted by Gasteiger charge is -2.18. The van der Waals surface area contributed by atoms with Crippen molar-refractivity contribution in [2.45, 2.75) is 32.7 Å². The number of halogens is 1. The number of carbonyl (C=O) groups excluding carboxylic acids is 1. The molecule has 0 saturated carbocycles. The van der Waals surface area contributed by atoms with E-state index in [4.69, 9.17) is 16.3 Å². The summed E-state index contributed by atoms with van der Waals surface area (Å²) < 4.78 is 10.3. The Hall–Kier alpha value is -1.26. The minimum Gasteiger partial charge on any atom is -0.493 e. The summed E-state index contributed by atoms with van der Waals surface area (Å²) in [6.45, 7) is 5.40. The molecular weight excluding hydrogens is 278 g/mol. The molecule has 0 saturated heterocycles. The summed E-state index contributed by atoms with van der Waals surface area (Å²) in [5.74, 6) is 0.465. The topological polar surface area (TPSA) is 47.6 Å².